The summed E-state index contributed by atoms with van der Waals surface area (Å²) in [5.74, 6) is 0.680. The Morgan fingerprint density at radius 3 is 2.32 bits per heavy atom. The van der Waals surface area contributed by atoms with E-state index >= 15 is 0 Å². The van der Waals surface area contributed by atoms with Gasteiger partial charge < -0.3 is 43.3 Å². The van der Waals surface area contributed by atoms with Gasteiger partial charge in [0.25, 0.3) is 0 Å². The third-order valence-corrected chi connectivity index (χ3v) is 6.81. The number of azo groups is 1. The molecular formula is C24H36Br2N8. The smallest absolute Gasteiger partial charge is 0.442 e. The molecule has 2 bridgehead atoms. The number of benzene rings is 1. The topological polar surface area (TPSA) is 52.9 Å². The zero-order valence-corrected chi connectivity index (χ0v) is 23.2. The van der Waals surface area contributed by atoms with Gasteiger partial charge in [-0.25, -0.2) is 4.57 Å². The molecule has 0 atom stereocenters. The highest BCUT2D eigenvalue weighted by Crippen LogP contribution is 2.23. The van der Waals surface area contributed by atoms with Gasteiger partial charge in [0.1, 0.15) is 12.2 Å². The van der Waals surface area contributed by atoms with Gasteiger partial charge in [0.15, 0.2) is 6.33 Å². The van der Waals surface area contributed by atoms with Gasteiger partial charge >= 0.3 is 5.95 Å². The minimum Gasteiger partial charge on any atom is -1.00 e. The second kappa shape index (κ2) is 13.3. The van der Waals surface area contributed by atoms with Crippen LogP contribution in [0.3, 0.4) is 0 Å². The molecule has 3 aliphatic heterocycles. The van der Waals surface area contributed by atoms with Crippen molar-refractivity contribution in [3.63, 3.8) is 0 Å². The minimum absolute atomic E-state index is 0. The summed E-state index contributed by atoms with van der Waals surface area (Å²) in [6.45, 7) is 22.1. The molecular weight excluding hydrogens is 560 g/mol. The molecule has 3 fully saturated rings. The number of fused-ring (bicyclic) bond motifs is 3. The van der Waals surface area contributed by atoms with Crippen LogP contribution < -0.4 is 43.5 Å². The van der Waals surface area contributed by atoms with Crippen molar-refractivity contribution in [3.05, 3.63) is 55.9 Å². The number of aromatic nitrogens is 3. The third kappa shape index (κ3) is 6.62. The number of quaternary nitrogens is 1. The number of hydrogen-bond acceptors (Lipinski definition) is 5. The molecule has 0 aliphatic carbocycles. The Hall–Kier alpha value is -1.88. The van der Waals surface area contributed by atoms with Crippen LogP contribution in [0.25, 0.3) is 0 Å². The molecule has 2 aromatic rings. The number of piperazine rings is 3. The standard InChI is InChI=1S/C24H36N8.2BrH/c1-4-11-30-21-25-31(12-5-2)24(30)27-26-22-7-9-23(10-8-22)29(6-3)16-20-32-17-13-28(14-18-32)15-19-32;;/h4-5,7-10,21H,1-2,6,11-20H2,3H3;2*1H/q+2;;/p-2. The van der Waals surface area contributed by atoms with E-state index in [0.29, 0.717) is 19.0 Å². The van der Waals surface area contributed by atoms with E-state index < -0.39 is 0 Å². The molecule has 4 heterocycles. The van der Waals surface area contributed by atoms with E-state index in [2.05, 4.69) is 57.3 Å². The second-order valence-electron chi connectivity index (χ2n) is 8.72. The number of rotatable bonds is 11. The summed E-state index contributed by atoms with van der Waals surface area (Å²) >= 11 is 0. The summed E-state index contributed by atoms with van der Waals surface area (Å²) < 4.78 is 4.99. The fourth-order valence-corrected chi connectivity index (χ4v) is 4.71. The number of allylic oxidation sites excluding steroid dienone is 2. The van der Waals surface area contributed by atoms with Crippen LogP contribution in [0, 0.1) is 0 Å². The van der Waals surface area contributed by atoms with Gasteiger partial charge in [0.2, 0.25) is 0 Å². The Labute approximate surface area is 224 Å². The van der Waals surface area contributed by atoms with Crippen molar-refractivity contribution >= 4 is 17.3 Å². The quantitative estimate of drug-likeness (QED) is 0.120. The number of anilines is 1. The first-order valence-corrected chi connectivity index (χ1v) is 11.7. The van der Waals surface area contributed by atoms with Gasteiger partial charge in [-0.3, -0.25) is 4.90 Å². The molecule has 0 unspecified atom stereocenters. The minimum atomic E-state index is 0. The van der Waals surface area contributed by atoms with E-state index in [-0.39, 0.29) is 34.0 Å². The molecule has 3 saturated heterocycles. The van der Waals surface area contributed by atoms with Gasteiger partial charge in [-0.2, -0.15) is 0 Å². The largest absolute Gasteiger partial charge is 1.00 e. The van der Waals surface area contributed by atoms with E-state index in [0.717, 1.165) is 18.8 Å². The van der Waals surface area contributed by atoms with Crippen LogP contribution in [0.4, 0.5) is 17.3 Å². The van der Waals surface area contributed by atoms with Gasteiger partial charge in [0, 0.05) is 37.0 Å². The van der Waals surface area contributed by atoms with Gasteiger partial charge in [-0.15, -0.1) is 4.68 Å². The Morgan fingerprint density at radius 2 is 1.74 bits per heavy atom. The Balaban J connectivity index is 0.00000204. The summed E-state index contributed by atoms with van der Waals surface area (Å²) in [7, 11) is 0. The summed E-state index contributed by atoms with van der Waals surface area (Å²) in [6, 6.07) is 8.40. The normalized spacial score (nSPS) is 21.0. The van der Waals surface area contributed by atoms with Crippen molar-refractivity contribution in [1.29, 1.82) is 0 Å². The third-order valence-electron chi connectivity index (χ3n) is 6.81. The maximum atomic E-state index is 4.46. The molecule has 5 rings (SSSR count). The van der Waals surface area contributed by atoms with Crippen molar-refractivity contribution in [1.82, 2.24) is 14.6 Å². The predicted molar refractivity (Wildman–Crippen MR) is 127 cm³/mol. The molecule has 186 valence electrons. The lowest BCUT2D eigenvalue weighted by Gasteiger charge is -2.51. The van der Waals surface area contributed by atoms with Crippen molar-refractivity contribution < 1.29 is 43.1 Å². The first-order valence-electron chi connectivity index (χ1n) is 11.7. The van der Waals surface area contributed by atoms with Crippen LogP contribution in [0.15, 0.2) is 66.1 Å². The molecule has 10 heteroatoms. The maximum absolute atomic E-state index is 4.46. The van der Waals surface area contributed by atoms with Crippen LogP contribution in [0.1, 0.15) is 6.92 Å². The van der Waals surface area contributed by atoms with Crippen LogP contribution in [0.2, 0.25) is 0 Å². The fraction of sp³-hybridized carbons (Fsp3) is 0.500. The van der Waals surface area contributed by atoms with E-state index in [9.17, 15) is 0 Å². The molecule has 0 N–H and O–H groups in total. The van der Waals surface area contributed by atoms with E-state index in [4.69, 9.17) is 0 Å². The molecule has 0 spiro atoms. The zero-order valence-electron chi connectivity index (χ0n) is 20.1. The van der Waals surface area contributed by atoms with E-state index in [1.54, 1.807) is 17.1 Å². The first kappa shape index (κ1) is 28.4. The highest BCUT2D eigenvalue weighted by Gasteiger charge is 2.38. The Bertz CT molecular complexity index is 907. The summed E-state index contributed by atoms with van der Waals surface area (Å²) in [5, 5.41) is 13.3. The summed E-state index contributed by atoms with van der Waals surface area (Å²) in [6.07, 6.45) is 5.37. The summed E-state index contributed by atoms with van der Waals surface area (Å²) in [5.41, 5.74) is 2.08. The van der Waals surface area contributed by atoms with Crippen LogP contribution in [-0.2, 0) is 13.1 Å². The van der Waals surface area contributed by atoms with Crippen LogP contribution >= 0.6 is 0 Å². The lowest BCUT2D eigenvalue weighted by atomic mass is 10.1. The Kier molecular flexibility index (Phi) is 11.1. The molecule has 34 heavy (non-hydrogen) atoms. The number of likely N-dealkylation sites (N-methyl/N-ethyl adjacent to an activating group) is 1. The highest BCUT2D eigenvalue weighted by molar-refractivity contribution is 5.52. The average Bonchev–Trinajstić information content (AvgIpc) is 3.21. The van der Waals surface area contributed by atoms with Crippen molar-refractivity contribution in [3.8, 4) is 0 Å². The maximum Gasteiger partial charge on any atom is 0.442 e. The molecule has 1 aromatic heterocycles. The Morgan fingerprint density at radius 1 is 1.06 bits per heavy atom. The van der Waals surface area contributed by atoms with E-state index in [1.165, 1.54) is 56.0 Å². The second-order valence-corrected chi connectivity index (χ2v) is 8.72. The SMILES string of the molecule is C=CCn1cn[n+](CC=C)c1/N=N/c1ccc(N(CC)CC[N+]23CCN(CC2)CC3)cc1.[Br-].[Br-]. The number of nitrogens with zero attached hydrogens (tertiary/aromatic N) is 8. The first-order chi connectivity index (χ1) is 15.7. The van der Waals surface area contributed by atoms with Crippen molar-refractivity contribution in [2.75, 3.05) is 63.8 Å². The summed E-state index contributed by atoms with van der Waals surface area (Å²) in [4.78, 5) is 5.08. The lowest BCUT2D eigenvalue weighted by Crippen LogP contribution is -3.00. The van der Waals surface area contributed by atoms with Crippen molar-refractivity contribution in [2.45, 2.75) is 20.0 Å². The number of hydrogen-bond donors (Lipinski definition) is 0. The van der Waals surface area contributed by atoms with Crippen LogP contribution in [0.5, 0.6) is 0 Å². The molecule has 3 aliphatic rings. The molecule has 0 saturated carbocycles. The lowest BCUT2D eigenvalue weighted by molar-refractivity contribution is -0.939. The monoisotopic (exact) mass is 594 g/mol. The highest BCUT2D eigenvalue weighted by atomic mass is 79.9. The predicted octanol–water partition coefficient (Wildman–Crippen LogP) is -3.06. The average molecular weight is 596 g/mol. The van der Waals surface area contributed by atoms with Gasteiger partial charge in [0.05, 0.1) is 39.3 Å². The molecule has 0 amide bonds. The van der Waals surface area contributed by atoms with Gasteiger partial charge in [-0.1, -0.05) is 35.5 Å². The van der Waals surface area contributed by atoms with E-state index in [1.807, 2.05) is 22.8 Å². The zero-order chi connectivity index (χ0) is 22.4. The fourth-order valence-electron chi connectivity index (χ4n) is 4.71. The number of halogens is 2. The van der Waals surface area contributed by atoms with Gasteiger partial charge in [-0.05, 0) is 31.2 Å². The van der Waals surface area contributed by atoms with Crippen molar-refractivity contribution in [2.24, 2.45) is 10.2 Å². The van der Waals surface area contributed by atoms with Crippen LogP contribution in [-0.4, -0.2) is 78.0 Å². The molecule has 0 radical (unpaired) electrons. The molecule has 8 nitrogen and oxygen atoms in total. The molecule has 1 aromatic carbocycles.